The summed E-state index contributed by atoms with van der Waals surface area (Å²) >= 11 is 1.85. The lowest BCUT2D eigenvalue weighted by Gasteiger charge is -2.22. The Morgan fingerprint density at radius 3 is 1.82 bits per heavy atom. The molecule has 0 amide bonds. The molecular formula is C46H30N2S. The van der Waals surface area contributed by atoms with Crippen LogP contribution in [-0.2, 0) is 12.8 Å². The van der Waals surface area contributed by atoms with E-state index in [-0.39, 0.29) is 0 Å². The van der Waals surface area contributed by atoms with Gasteiger partial charge < -0.3 is 0 Å². The molecule has 3 heteroatoms. The molecule has 10 rings (SSSR count). The quantitative estimate of drug-likeness (QED) is 0.191. The van der Waals surface area contributed by atoms with Crippen LogP contribution in [0, 0.1) is 0 Å². The summed E-state index contributed by atoms with van der Waals surface area (Å²) in [5, 5.41) is 5.00. The van der Waals surface area contributed by atoms with Crippen molar-refractivity contribution in [1.82, 2.24) is 9.97 Å². The fraction of sp³-hybridized carbons (Fsp3) is 0.0435. The van der Waals surface area contributed by atoms with Gasteiger partial charge in [-0.2, -0.15) is 0 Å². The number of aromatic nitrogens is 2. The molecule has 0 atom stereocenters. The predicted octanol–water partition coefficient (Wildman–Crippen LogP) is 12.4. The van der Waals surface area contributed by atoms with E-state index in [0.29, 0.717) is 0 Å². The van der Waals surface area contributed by atoms with E-state index in [1.807, 2.05) is 11.3 Å². The average Bonchev–Trinajstić information content (AvgIpc) is 3.56. The van der Waals surface area contributed by atoms with Crippen molar-refractivity contribution < 1.29 is 0 Å². The van der Waals surface area contributed by atoms with Crippen molar-refractivity contribution in [2.45, 2.75) is 12.8 Å². The maximum absolute atomic E-state index is 5.40. The highest BCUT2D eigenvalue weighted by Gasteiger charge is 2.25. The Labute approximate surface area is 289 Å². The Hall–Kier alpha value is -5.90. The highest BCUT2D eigenvalue weighted by molar-refractivity contribution is 7.26. The smallest absolute Gasteiger partial charge is 0.161 e. The van der Waals surface area contributed by atoms with Crippen molar-refractivity contribution in [2.24, 2.45) is 0 Å². The second-order valence-corrected chi connectivity index (χ2v) is 13.9. The van der Waals surface area contributed by atoms with Crippen LogP contribution in [0.4, 0.5) is 0 Å². The minimum Gasteiger partial charge on any atom is -0.228 e. The van der Waals surface area contributed by atoms with Crippen LogP contribution in [0.3, 0.4) is 0 Å². The average molecular weight is 643 g/mol. The van der Waals surface area contributed by atoms with E-state index in [0.717, 1.165) is 41.2 Å². The summed E-state index contributed by atoms with van der Waals surface area (Å²) in [4.78, 5) is 10.8. The molecule has 9 aromatic rings. The van der Waals surface area contributed by atoms with Gasteiger partial charge in [0, 0.05) is 42.4 Å². The number of nitrogens with zero attached hydrogens (tertiary/aromatic N) is 2. The van der Waals surface area contributed by atoms with E-state index in [1.54, 1.807) is 0 Å². The molecule has 2 heterocycles. The summed E-state index contributed by atoms with van der Waals surface area (Å²) in [7, 11) is 0. The lowest BCUT2D eigenvalue weighted by atomic mass is 9.86. The molecule has 1 aliphatic rings. The SMILES string of the molecule is c1ccc(-c2ccc(-c3ccc4sc5cc(-c6nc(-c7ccccc7)c7c(n6)-c6ccccc6CC7)c6ccccc6c5c4c3)cc2)cc1. The second-order valence-electron chi connectivity index (χ2n) is 12.8. The Morgan fingerprint density at radius 1 is 0.408 bits per heavy atom. The first kappa shape index (κ1) is 28.1. The molecule has 0 radical (unpaired) electrons. The van der Waals surface area contributed by atoms with Gasteiger partial charge in [-0.1, -0.05) is 140 Å². The summed E-state index contributed by atoms with van der Waals surface area (Å²) in [5.41, 5.74) is 13.1. The normalized spacial score (nSPS) is 12.3. The largest absolute Gasteiger partial charge is 0.228 e. The first-order valence-electron chi connectivity index (χ1n) is 16.9. The van der Waals surface area contributed by atoms with Crippen molar-refractivity contribution in [3.63, 3.8) is 0 Å². The molecule has 0 aliphatic heterocycles. The topological polar surface area (TPSA) is 25.8 Å². The third-order valence-electron chi connectivity index (χ3n) is 10.0. The first-order chi connectivity index (χ1) is 24.3. The number of aryl methyl sites for hydroxylation is 1. The summed E-state index contributed by atoms with van der Waals surface area (Å²) in [6.07, 6.45) is 1.94. The standard InChI is InChI=1S/C46H30N2S/c1-3-11-29(12-4-1)30-19-21-31(22-20-30)34-24-26-41-40(27-34)43-37-18-10-9-17-36(37)39(28-42(43)49-41)46-47-44(33-14-5-2-6-15-33)38-25-23-32-13-7-8-16-35(32)45(38)48-46/h1-22,24,26-28H,23,25H2. The molecule has 0 saturated carbocycles. The van der Waals surface area contributed by atoms with Crippen molar-refractivity contribution in [1.29, 1.82) is 0 Å². The lowest BCUT2D eigenvalue weighted by molar-refractivity contribution is 0.916. The highest BCUT2D eigenvalue weighted by atomic mass is 32.1. The van der Waals surface area contributed by atoms with Crippen LogP contribution in [0.5, 0.6) is 0 Å². The number of hydrogen-bond acceptors (Lipinski definition) is 3. The van der Waals surface area contributed by atoms with E-state index in [4.69, 9.17) is 9.97 Å². The van der Waals surface area contributed by atoms with E-state index >= 15 is 0 Å². The van der Waals surface area contributed by atoms with E-state index in [2.05, 4.69) is 158 Å². The third kappa shape index (κ3) is 4.69. The Balaban J connectivity index is 1.16. The molecular weight excluding hydrogens is 613 g/mol. The first-order valence-corrected chi connectivity index (χ1v) is 17.7. The molecule has 0 saturated heterocycles. The van der Waals surface area contributed by atoms with Crippen LogP contribution in [0.25, 0.3) is 87.1 Å². The maximum atomic E-state index is 5.40. The van der Waals surface area contributed by atoms with Gasteiger partial charge in [0.25, 0.3) is 0 Å². The lowest BCUT2D eigenvalue weighted by Crippen LogP contribution is -2.10. The Morgan fingerprint density at radius 2 is 1.02 bits per heavy atom. The van der Waals surface area contributed by atoms with Gasteiger partial charge in [-0.3, -0.25) is 0 Å². The van der Waals surface area contributed by atoms with Gasteiger partial charge in [0.2, 0.25) is 0 Å². The van der Waals surface area contributed by atoms with Gasteiger partial charge >= 0.3 is 0 Å². The van der Waals surface area contributed by atoms with Gasteiger partial charge in [0.05, 0.1) is 11.4 Å². The molecule has 7 aromatic carbocycles. The minimum absolute atomic E-state index is 0.782. The molecule has 1 aliphatic carbocycles. The summed E-state index contributed by atoms with van der Waals surface area (Å²) < 4.78 is 2.54. The van der Waals surface area contributed by atoms with E-state index in [9.17, 15) is 0 Å². The van der Waals surface area contributed by atoms with E-state index < -0.39 is 0 Å². The molecule has 49 heavy (non-hydrogen) atoms. The van der Waals surface area contributed by atoms with Gasteiger partial charge in [0.15, 0.2) is 5.82 Å². The van der Waals surface area contributed by atoms with E-state index in [1.165, 1.54) is 69.9 Å². The van der Waals surface area contributed by atoms with Crippen molar-refractivity contribution in [3.05, 3.63) is 169 Å². The molecule has 230 valence electrons. The number of thiophene rings is 1. The van der Waals surface area contributed by atoms with Crippen LogP contribution in [0.2, 0.25) is 0 Å². The molecule has 0 N–H and O–H groups in total. The van der Waals surface area contributed by atoms with Crippen LogP contribution in [0.1, 0.15) is 11.1 Å². The Bertz CT molecular complexity index is 2670. The summed E-state index contributed by atoms with van der Waals surface area (Å²) in [5.74, 6) is 0.782. The van der Waals surface area contributed by atoms with Gasteiger partial charge in [-0.05, 0) is 69.6 Å². The predicted molar refractivity (Wildman–Crippen MR) is 207 cm³/mol. The van der Waals surface area contributed by atoms with Crippen LogP contribution < -0.4 is 0 Å². The zero-order chi connectivity index (χ0) is 32.3. The zero-order valence-electron chi connectivity index (χ0n) is 26.7. The number of rotatable bonds is 4. The van der Waals surface area contributed by atoms with Crippen LogP contribution >= 0.6 is 11.3 Å². The maximum Gasteiger partial charge on any atom is 0.161 e. The Kier molecular flexibility index (Phi) is 6.53. The molecule has 0 fully saturated rings. The monoisotopic (exact) mass is 642 g/mol. The summed E-state index contributed by atoms with van der Waals surface area (Å²) in [6, 6.07) is 56.9. The fourth-order valence-electron chi connectivity index (χ4n) is 7.62. The van der Waals surface area contributed by atoms with Crippen molar-refractivity contribution >= 4 is 42.3 Å². The van der Waals surface area contributed by atoms with Gasteiger partial charge in [-0.25, -0.2) is 9.97 Å². The van der Waals surface area contributed by atoms with Gasteiger partial charge in [-0.15, -0.1) is 11.3 Å². The summed E-state index contributed by atoms with van der Waals surface area (Å²) in [6.45, 7) is 0. The van der Waals surface area contributed by atoms with Crippen molar-refractivity contribution in [3.8, 4) is 56.2 Å². The molecule has 2 aromatic heterocycles. The number of fused-ring (bicyclic) bond motifs is 8. The van der Waals surface area contributed by atoms with Crippen molar-refractivity contribution in [2.75, 3.05) is 0 Å². The van der Waals surface area contributed by atoms with Crippen LogP contribution in [0.15, 0.2) is 158 Å². The van der Waals surface area contributed by atoms with Crippen LogP contribution in [-0.4, -0.2) is 9.97 Å². The fourth-order valence-corrected chi connectivity index (χ4v) is 8.76. The zero-order valence-corrected chi connectivity index (χ0v) is 27.5. The number of hydrogen-bond donors (Lipinski definition) is 0. The molecule has 2 nitrogen and oxygen atoms in total. The highest BCUT2D eigenvalue weighted by Crippen LogP contribution is 2.45. The number of benzene rings is 7. The minimum atomic E-state index is 0.782. The molecule has 0 bridgehead atoms. The molecule has 0 unspecified atom stereocenters. The molecule has 0 spiro atoms. The second kappa shape index (κ2) is 11.4. The third-order valence-corrected chi connectivity index (χ3v) is 11.1. The van der Waals surface area contributed by atoms with Gasteiger partial charge in [0.1, 0.15) is 0 Å².